The second-order valence-corrected chi connectivity index (χ2v) is 6.90. The van der Waals surface area contributed by atoms with Gasteiger partial charge in [0.2, 0.25) is 5.91 Å². The van der Waals surface area contributed by atoms with Crippen molar-refractivity contribution in [3.05, 3.63) is 54.1 Å². The molecule has 29 heavy (non-hydrogen) atoms. The zero-order chi connectivity index (χ0) is 20.6. The molecule has 148 valence electrons. The molecule has 2 aromatic rings. The number of hydrogen-bond donors (Lipinski definition) is 3. The topological polar surface area (TPSA) is 117 Å². The lowest BCUT2D eigenvalue weighted by Crippen LogP contribution is -2.43. The van der Waals surface area contributed by atoms with E-state index < -0.39 is 23.4 Å². The summed E-state index contributed by atoms with van der Waals surface area (Å²) in [7, 11) is 0. The Balaban J connectivity index is 1.51. The van der Waals surface area contributed by atoms with Crippen LogP contribution in [0, 0.1) is 0 Å². The number of anilines is 2. The van der Waals surface area contributed by atoms with Gasteiger partial charge in [-0.05, 0) is 36.8 Å². The second-order valence-electron chi connectivity index (χ2n) is 6.90. The molecule has 2 aliphatic rings. The number of rotatable bonds is 4. The highest BCUT2D eigenvalue weighted by molar-refractivity contribution is 6.07. The van der Waals surface area contributed by atoms with E-state index >= 15 is 0 Å². The lowest BCUT2D eigenvalue weighted by atomic mass is 9.92. The highest BCUT2D eigenvalue weighted by Gasteiger charge is 2.43. The van der Waals surface area contributed by atoms with Gasteiger partial charge in [-0.25, -0.2) is 4.79 Å². The summed E-state index contributed by atoms with van der Waals surface area (Å²) in [6, 6.07) is 13.0. The van der Waals surface area contributed by atoms with E-state index in [-0.39, 0.29) is 19.1 Å². The maximum atomic E-state index is 12.6. The molecule has 0 aliphatic carbocycles. The number of benzene rings is 2. The molecule has 2 aromatic carbocycles. The van der Waals surface area contributed by atoms with Crippen LogP contribution in [0.4, 0.5) is 16.2 Å². The Hall–Kier alpha value is -3.88. The van der Waals surface area contributed by atoms with E-state index in [1.807, 2.05) is 0 Å². The number of imide groups is 1. The van der Waals surface area contributed by atoms with Crippen molar-refractivity contribution in [1.29, 1.82) is 0 Å². The highest BCUT2D eigenvalue weighted by atomic mass is 16.5. The van der Waals surface area contributed by atoms with Crippen molar-refractivity contribution in [3.8, 4) is 5.75 Å². The number of nitrogens with one attached hydrogen (secondary N) is 3. The van der Waals surface area contributed by atoms with Crippen LogP contribution in [0.2, 0.25) is 0 Å². The molecule has 9 heteroatoms. The second kappa shape index (κ2) is 6.93. The first-order valence-corrected chi connectivity index (χ1v) is 8.93. The number of carbonyl (C=O) groups is 4. The fraction of sp³-hybridized carbons (Fsp3) is 0.200. The summed E-state index contributed by atoms with van der Waals surface area (Å²) in [6.45, 7) is 1.27. The van der Waals surface area contributed by atoms with Crippen LogP contribution >= 0.6 is 0 Å². The zero-order valence-electron chi connectivity index (χ0n) is 15.5. The van der Waals surface area contributed by atoms with Crippen LogP contribution in [0.25, 0.3) is 0 Å². The third-order valence-corrected chi connectivity index (χ3v) is 4.88. The first kappa shape index (κ1) is 18.5. The van der Waals surface area contributed by atoms with Gasteiger partial charge in [-0.2, -0.15) is 0 Å². The van der Waals surface area contributed by atoms with Gasteiger partial charge in [0, 0.05) is 5.69 Å². The number of ether oxygens (including phenoxy) is 1. The highest BCUT2D eigenvalue weighted by Crippen LogP contribution is 2.31. The molecule has 9 nitrogen and oxygen atoms in total. The summed E-state index contributed by atoms with van der Waals surface area (Å²) >= 11 is 0. The van der Waals surface area contributed by atoms with Crippen molar-refractivity contribution in [2.75, 3.05) is 23.4 Å². The first-order chi connectivity index (χ1) is 13.9. The molecule has 0 saturated carbocycles. The minimum absolute atomic E-state index is 0.132. The van der Waals surface area contributed by atoms with Gasteiger partial charge in [-0.3, -0.25) is 24.6 Å². The van der Waals surface area contributed by atoms with Gasteiger partial charge < -0.3 is 15.4 Å². The van der Waals surface area contributed by atoms with Gasteiger partial charge in [0.15, 0.2) is 6.61 Å². The Morgan fingerprint density at radius 2 is 1.97 bits per heavy atom. The Kier molecular flexibility index (Phi) is 4.42. The van der Waals surface area contributed by atoms with Crippen LogP contribution in [0.15, 0.2) is 48.5 Å². The van der Waals surface area contributed by atoms with Crippen molar-refractivity contribution in [2.45, 2.75) is 12.5 Å². The predicted octanol–water partition coefficient (Wildman–Crippen LogP) is 1.11. The van der Waals surface area contributed by atoms with Gasteiger partial charge in [-0.1, -0.05) is 24.3 Å². The van der Waals surface area contributed by atoms with Crippen molar-refractivity contribution >= 4 is 35.1 Å². The summed E-state index contributed by atoms with van der Waals surface area (Å²) in [5.74, 6) is -0.651. The number of hydrogen-bond acceptors (Lipinski definition) is 5. The normalized spacial score (nSPS) is 20.4. The molecular formula is C20H18N4O5. The Morgan fingerprint density at radius 3 is 2.72 bits per heavy atom. The molecule has 5 amide bonds. The molecule has 0 unspecified atom stereocenters. The van der Waals surface area contributed by atoms with E-state index in [1.165, 1.54) is 4.90 Å². The molecule has 3 N–H and O–H groups in total. The van der Waals surface area contributed by atoms with Crippen LogP contribution in [0.3, 0.4) is 0 Å². The van der Waals surface area contributed by atoms with Gasteiger partial charge in [-0.15, -0.1) is 0 Å². The van der Waals surface area contributed by atoms with E-state index in [9.17, 15) is 19.2 Å². The minimum Gasteiger partial charge on any atom is -0.482 e. The fourth-order valence-electron chi connectivity index (χ4n) is 3.33. The monoisotopic (exact) mass is 394 g/mol. The third kappa shape index (κ3) is 3.38. The largest absolute Gasteiger partial charge is 0.482 e. The van der Waals surface area contributed by atoms with Gasteiger partial charge >= 0.3 is 6.03 Å². The smallest absolute Gasteiger partial charge is 0.322 e. The molecule has 2 aliphatic heterocycles. The Morgan fingerprint density at radius 1 is 1.17 bits per heavy atom. The molecule has 4 rings (SSSR count). The SMILES string of the molecule is C[C@]1(c2cccc(NC(=O)CN3C(=O)COc4ccccc43)c2)NC(=O)NC1=O. The van der Waals surface area contributed by atoms with Gasteiger partial charge in [0.05, 0.1) is 5.69 Å². The van der Waals surface area contributed by atoms with Crippen molar-refractivity contribution < 1.29 is 23.9 Å². The summed E-state index contributed by atoms with van der Waals surface area (Å²) in [5.41, 5.74) is 0.269. The average Bonchev–Trinajstić information content (AvgIpc) is 2.97. The first-order valence-electron chi connectivity index (χ1n) is 8.93. The lowest BCUT2D eigenvalue weighted by molar-refractivity contribution is -0.124. The van der Waals surface area contributed by atoms with Gasteiger partial charge in [0.25, 0.3) is 11.8 Å². The Bertz CT molecular complexity index is 1040. The maximum Gasteiger partial charge on any atom is 0.322 e. The van der Waals surface area contributed by atoms with Crippen LogP contribution in [0.5, 0.6) is 5.75 Å². The summed E-state index contributed by atoms with van der Waals surface area (Å²) < 4.78 is 5.37. The van der Waals surface area contributed by atoms with E-state index in [0.717, 1.165) is 0 Å². The van der Waals surface area contributed by atoms with E-state index in [2.05, 4.69) is 16.0 Å². The van der Waals surface area contributed by atoms with Crippen LogP contribution < -0.4 is 25.6 Å². The van der Waals surface area contributed by atoms with Crippen LogP contribution in [-0.2, 0) is 19.9 Å². The third-order valence-electron chi connectivity index (χ3n) is 4.88. The molecule has 2 heterocycles. The number of amides is 5. The minimum atomic E-state index is -1.23. The number of para-hydroxylation sites is 2. The molecule has 0 aromatic heterocycles. The van der Waals surface area contributed by atoms with Crippen molar-refractivity contribution in [2.24, 2.45) is 0 Å². The standard InChI is InChI=1S/C20H18N4O5/c1-20(18(27)22-19(28)23-20)12-5-4-6-13(9-12)21-16(25)10-24-14-7-2-3-8-15(14)29-11-17(24)26/h2-9H,10-11H2,1H3,(H,21,25)(H2,22,23,27,28)/t20-/m1/s1. The zero-order valence-corrected chi connectivity index (χ0v) is 15.5. The molecule has 0 spiro atoms. The van der Waals surface area contributed by atoms with Crippen molar-refractivity contribution in [3.63, 3.8) is 0 Å². The summed E-state index contributed by atoms with van der Waals surface area (Å²) in [4.78, 5) is 49.8. The average molecular weight is 394 g/mol. The van der Waals surface area contributed by atoms with E-state index in [4.69, 9.17) is 4.74 Å². The predicted molar refractivity (Wildman–Crippen MR) is 103 cm³/mol. The Labute approximate surface area is 166 Å². The molecule has 1 atom stereocenters. The fourth-order valence-corrected chi connectivity index (χ4v) is 3.33. The summed E-state index contributed by atoms with van der Waals surface area (Å²) in [5, 5.41) is 7.51. The van der Waals surface area contributed by atoms with Crippen LogP contribution in [-0.4, -0.2) is 36.9 Å². The maximum absolute atomic E-state index is 12.6. The molecule has 0 bridgehead atoms. The van der Waals surface area contributed by atoms with E-state index in [1.54, 1.807) is 55.5 Å². The quantitative estimate of drug-likeness (QED) is 0.672. The molecular weight excluding hydrogens is 376 g/mol. The molecule has 1 saturated heterocycles. The lowest BCUT2D eigenvalue weighted by Gasteiger charge is -2.28. The van der Waals surface area contributed by atoms with Crippen LogP contribution in [0.1, 0.15) is 12.5 Å². The van der Waals surface area contributed by atoms with Gasteiger partial charge in [0.1, 0.15) is 17.8 Å². The number of urea groups is 1. The summed E-state index contributed by atoms with van der Waals surface area (Å²) in [6.07, 6.45) is 0. The van der Waals surface area contributed by atoms with E-state index in [0.29, 0.717) is 22.7 Å². The molecule has 1 fully saturated rings. The number of fused-ring (bicyclic) bond motifs is 1. The number of carbonyl (C=O) groups excluding carboxylic acids is 4. The number of nitrogens with zero attached hydrogens (tertiary/aromatic N) is 1. The van der Waals surface area contributed by atoms with Crippen molar-refractivity contribution in [1.82, 2.24) is 10.6 Å². The molecule has 0 radical (unpaired) electrons.